The zero-order valence-corrected chi connectivity index (χ0v) is 27.6. The molecule has 14 heteroatoms. The maximum absolute atomic E-state index is 12.9. The number of nitrogens with zero attached hydrogens (tertiary/aromatic N) is 2. The lowest BCUT2D eigenvalue weighted by molar-refractivity contribution is -0.140. The molecule has 2 aromatic carbocycles. The van der Waals surface area contributed by atoms with Gasteiger partial charge in [-0.15, -0.1) is 0 Å². The first kappa shape index (κ1) is 39.5. The highest BCUT2D eigenvalue weighted by atomic mass is 16.6. The summed E-state index contributed by atoms with van der Waals surface area (Å²) in [5.41, 5.74) is 18.2. The van der Waals surface area contributed by atoms with Crippen LogP contribution in [0.4, 0.5) is 9.59 Å². The molecule has 0 saturated heterocycles. The number of Topliss-reactive ketones (excluding diaryl/α,β-unsaturated/α-hetero) is 1. The number of aliphatic hydroxyl groups excluding tert-OH is 1. The fraction of sp³-hybridized carbons (Fsp3) is 0.500. The summed E-state index contributed by atoms with van der Waals surface area (Å²) in [6.07, 6.45) is 2.67. The number of nitrogens with one attached hydrogen (secondary N) is 2. The second-order valence-electron chi connectivity index (χ2n) is 11.3. The van der Waals surface area contributed by atoms with Gasteiger partial charge in [-0.25, -0.2) is 9.59 Å². The molecule has 2 rings (SSSR count). The van der Waals surface area contributed by atoms with Crippen LogP contribution < -0.4 is 27.8 Å². The van der Waals surface area contributed by atoms with Crippen LogP contribution in [0.25, 0.3) is 0 Å². The molecule has 9 N–H and O–H groups in total. The van der Waals surface area contributed by atoms with Crippen LogP contribution in [0.5, 0.6) is 0 Å². The number of benzene rings is 2. The number of hydrogen-bond donors (Lipinski definition) is 6. The number of amides is 3. The Hall–Kier alpha value is -4.69. The van der Waals surface area contributed by atoms with Gasteiger partial charge in [0.1, 0.15) is 13.2 Å². The average Bonchev–Trinajstić information content (AvgIpc) is 3.09. The van der Waals surface area contributed by atoms with Crippen LogP contribution in [0.2, 0.25) is 0 Å². The van der Waals surface area contributed by atoms with Crippen LogP contribution in [-0.4, -0.2) is 84.7 Å². The molecule has 0 fully saturated rings. The summed E-state index contributed by atoms with van der Waals surface area (Å²) >= 11 is 0. The molecule has 2 atom stereocenters. The summed E-state index contributed by atoms with van der Waals surface area (Å²) in [5.74, 6) is -1.69. The summed E-state index contributed by atoms with van der Waals surface area (Å²) in [6.45, 7) is 1.93. The maximum Gasteiger partial charge on any atom is 0.410 e. The van der Waals surface area contributed by atoms with Crippen LogP contribution in [0.3, 0.4) is 0 Å². The Morgan fingerprint density at radius 3 is 1.98 bits per heavy atom. The molecule has 48 heavy (non-hydrogen) atoms. The predicted octanol–water partition coefficient (Wildman–Crippen LogP) is 2.32. The van der Waals surface area contributed by atoms with Crippen molar-refractivity contribution in [2.24, 2.45) is 22.2 Å². The number of alkyl carbamates (subject to hydrolysis) is 1. The monoisotopic (exact) mass is 669 g/mol. The van der Waals surface area contributed by atoms with Crippen molar-refractivity contribution < 1.29 is 33.8 Å². The highest BCUT2D eigenvalue weighted by Crippen LogP contribution is 2.09. The van der Waals surface area contributed by atoms with Crippen LogP contribution in [0.1, 0.15) is 62.5 Å². The van der Waals surface area contributed by atoms with E-state index < -0.39 is 36.0 Å². The summed E-state index contributed by atoms with van der Waals surface area (Å²) < 4.78 is 10.7. The van der Waals surface area contributed by atoms with Crippen molar-refractivity contribution in [1.82, 2.24) is 15.5 Å². The largest absolute Gasteiger partial charge is 0.445 e. The van der Waals surface area contributed by atoms with Gasteiger partial charge in [0.2, 0.25) is 5.78 Å². The van der Waals surface area contributed by atoms with Gasteiger partial charge in [-0.3, -0.25) is 14.6 Å². The lowest BCUT2D eigenvalue weighted by Crippen LogP contribution is -2.49. The molecule has 264 valence electrons. The number of ketones is 1. The number of ether oxygens (including phenoxy) is 2. The second-order valence-corrected chi connectivity index (χ2v) is 11.3. The number of guanidine groups is 1. The van der Waals surface area contributed by atoms with Crippen LogP contribution in [0.15, 0.2) is 65.7 Å². The zero-order valence-electron chi connectivity index (χ0n) is 27.6. The van der Waals surface area contributed by atoms with Crippen LogP contribution in [0, 0.1) is 0 Å². The first-order valence-electron chi connectivity index (χ1n) is 16.4. The van der Waals surface area contributed by atoms with E-state index in [1.807, 2.05) is 60.7 Å². The number of rotatable bonds is 23. The molecule has 2 aromatic rings. The summed E-state index contributed by atoms with van der Waals surface area (Å²) in [6, 6.07) is 17.3. The Bertz CT molecular complexity index is 1260. The highest BCUT2D eigenvalue weighted by molar-refractivity contribution is 6.38. The number of aliphatic imine (C=N–C) groups is 1. The normalized spacial score (nSPS) is 11.9. The molecule has 14 nitrogen and oxygen atoms in total. The number of carbonyl (C=O) groups excluding carboxylic acids is 4. The third-order valence-electron chi connectivity index (χ3n) is 7.33. The molecule has 0 saturated carbocycles. The Balaban J connectivity index is 1.71. The topological polar surface area (TPSA) is 225 Å². The van der Waals surface area contributed by atoms with Gasteiger partial charge in [-0.2, -0.15) is 0 Å². The summed E-state index contributed by atoms with van der Waals surface area (Å²) in [7, 11) is 0. The minimum Gasteiger partial charge on any atom is -0.445 e. The smallest absolute Gasteiger partial charge is 0.410 e. The van der Waals surface area contributed by atoms with Crippen molar-refractivity contribution in [3.8, 4) is 0 Å². The van der Waals surface area contributed by atoms with E-state index in [9.17, 15) is 24.3 Å². The van der Waals surface area contributed by atoms with Crippen molar-refractivity contribution in [1.29, 1.82) is 0 Å². The molecule has 0 aliphatic carbocycles. The molecule has 0 aliphatic rings. The zero-order chi connectivity index (χ0) is 35.0. The van der Waals surface area contributed by atoms with E-state index in [-0.39, 0.29) is 25.7 Å². The molecule has 0 aromatic heterocycles. The molecule has 2 unspecified atom stereocenters. The van der Waals surface area contributed by atoms with Gasteiger partial charge in [0, 0.05) is 32.7 Å². The number of carbonyl (C=O) groups is 4. The highest BCUT2D eigenvalue weighted by Gasteiger charge is 2.27. The molecule has 0 bridgehead atoms. The van der Waals surface area contributed by atoms with E-state index in [4.69, 9.17) is 26.7 Å². The molecular weight excluding hydrogens is 618 g/mol. The second kappa shape index (κ2) is 23.6. The van der Waals surface area contributed by atoms with Gasteiger partial charge in [-0.1, -0.05) is 79.9 Å². The Morgan fingerprint density at radius 2 is 1.33 bits per heavy atom. The quantitative estimate of drug-likeness (QED) is 0.0438. The maximum atomic E-state index is 12.9. The SMILES string of the molecule is NC(N)=NCCCCCCC(O)C(N)C(=O)C(=O)NCCCCN(CCCNC(=O)OCc1ccccc1)C(=O)OCc1ccccc1. The van der Waals surface area contributed by atoms with Crippen LogP contribution >= 0.6 is 0 Å². The Labute approximate surface area is 282 Å². The number of aliphatic hydroxyl groups is 1. The van der Waals surface area contributed by atoms with Gasteiger partial charge in [0.25, 0.3) is 5.91 Å². The van der Waals surface area contributed by atoms with E-state index >= 15 is 0 Å². The summed E-state index contributed by atoms with van der Waals surface area (Å²) in [5, 5.41) is 15.5. The third kappa shape index (κ3) is 17.3. The first-order chi connectivity index (χ1) is 23.2. The van der Waals surface area contributed by atoms with E-state index in [1.54, 1.807) is 4.90 Å². The van der Waals surface area contributed by atoms with Gasteiger partial charge < -0.3 is 47.3 Å². The lowest BCUT2D eigenvalue weighted by Gasteiger charge is -2.22. The fourth-order valence-corrected chi connectivity index (χ4v) is 4.59. The predicted molar refractivity (Wildman–Crippen MR) is 182 cm³/mol. The molecule has 0 spiro atoms. The van der Waals surface area contributed by atoms with Gasteiger partial charge >= 0.3 is 12.2 Å². The van der Waals surface area contributed by atoms with Crippen molar-refractivity contribution in [2.45, 2.75) is 76.7 Å². The van der Waals surface area contributed by atoms with Crippen LogP contribution in [-0.2, 0) is 32.3 Å². The lowest BCUT2D eigenvalue weighted by atomic mass is 10.0. The minimum atomic E-state index is -1.31. The van der Waals surface area contributed by atoms with E-state index in [0.29, 0.717) is 58.3 Å². The molecule has 0 heterocycles. The van der Waals surface area contributed by atoms with Crippen molar-refractivity contribution >= 4 is 29.8 Å². The first-order valence-corrected chi connectivity index (χ1v) is 16.4. The number of unbranched alkanes of at least 4 members (excludes halogenated alkanes) is 4. The van der Waals surface area contributed by atoms with Crippen molar-refractivity contribution in [2.75, 3.05) is 32.7 Å². The molecule has 0 radical (unpaired) electrons. The van der Waals surface area contributed by atoms with E-state index in [2.05, 4.69) is 15.6 Å². The third-order valence-corrected chi connectivity index (χ3v) is 7.33. The number of hydrogen-bond acceptors (Lipinski definition) is 9. The average molecular weight is 670 g/mol. The molecular formula is C34H51N7O7. The Kier molecular flexibility index (Phi) is 19.4. The minimum absolute atomic E-state index is 0.0507. The molecule has 0 aliphatic heterocycles. The van der Waals surface area contributed by atoms with Gasteiger partial charge in [-0.05, 0) is 43.2 Å². The summed E-state index contributed by atoms with van der Waals surface area (Å²) in [4.78, 5) is 55.2. The van der Waals surface area contributed by atoms with Crippen molar-refractivity contribution in [3.63, 3.8) is 0 Å². The van der Waals surface area contributed by atoms with E-state index in [0.717, 1.165) is 30.4 Å². The fourth-order valence-electron chi connectivity index (χ4n) is 4.59. The van der Waals surface area contributed by atoms with Crippen molar-refractivity contribution in [3.05, 3.63) is 71.8 Å². The number of nitrogens with two attached hydrogens (primary N) is 3. The van der Waals surface area contributed by atoms with Gasteiger partial charge in [0.15, 0.2) is 5.96 Å². The standard InChI is InChI=1S/C34H51N7O7/c35-29(28(42)18-9-1-2-10-20-39-32(36)37)30(43)31(44)38-19-11-12-22-41(34(46)48-25-27-16-7-4-8-17-27)23-13-21-40-33(45)47-24-26-14-5-3-6-15-26/h3-8,14-17,28-29,42H,1-2,9-13,18-25,35H2,(H,38,44)(H,40,45)(H4,36,37,39). The Morgan fingerprint density at radius 1 is 0.750 bits per heavy atom. The molecule has 3 amide bonds. The van der Waals surface area contributed by atoms with Gasteiger partial charge in [0.05, 0.1) is 12.1 Å². The van der Waals surface area contributed by atoms with E-state index in [1.165, 1.54) is 0 Å².